The van der Waals surface area contributed by atoms with E-state index in [1.165, 1.54) is 5.39 Å². The highest BCUT2D eigenvalue weighted by Gasteiger charge is 1.95. The number of nitrogens with one attached hydrogen (secondary N) is 1. The van der Waals surface area contributed by atoms with Gasteiger partial charge in [0.25, 0.3) is 0 Å². The maximum atomic E-state index is 4.18. The Morgan fingerprint density at radius 2 is 2.21 bits per heavy atom. The summed E-state index contributed by atoms with van der Waals surface area (Å²) in [6, 6.07) is 10.3. The van der Waals surface area contributed by atoms with Gasteiger partial charge in [-0.3, -0.25) is 4.99 Å². The van der Waals surface area contributed by atoms with Gasteiger partial charge in [-0.25, -0.2) is 0 Å². The number of hydrogen-bond acceptors (Lipinski definition) is 1. The summed E-state index contributed by atoms with van der Waals surface area (Å²) in [6.07, 6.45) is 3.61. The number of hydrogen-bond donors (Lipinski definition) is 1. The number of para-hydroxylation sites is 1. The summed E-state index contributed by atoms with van der Waals surface area (Å²) in [5.74, 6) is 0. The first-order valence-corrected chi connectivity index (χ1v) is 4.58. The fraction of sp³-hybridized carbons (Fsp3) is 0.0833. The van der Waals surface area contributed by atoms with E-state index in [9.17, 15) is 0 Å². The SMILES string of the molecule is C=CCN=Cc1cc2ccccc2[nH]1. The molecule has 1 N–H and O–H groups in total. The first-order chi connectivity index (χ1) is 6.90. The largest absolute Gasteiger partial charge is 0.354 e. The van der Waals surface area contributed by atoms with Crippen LogP contribution in [-0.4, -0.2) is 17.7 Å². The second kappa shape index (κ2) is 3.92. The van der Waals surface area contributed by atoms with Crippen molar-refractivity contribution < 1.29 is 0 Å². The minimum atomic E-state index is 0.662. The zero-order valence-corrected chi connectivity index (χ0v) is 7.90. The van der Waals surface area contributed by atoms with Gasteiger partial charge < -0.3 is 4.98 Å². The van der Waals surface area contributed by atoms with Gasteiger partial charge in [0.1, 0.15) is 0 Å². The number of aromatic amines is 1. The molecule has 14 heavy (non-hydrogen) atoms. The Kier molecular flexibility index (Phi) is 2.45. The Morgan fingerprint density at radius 1 is 1.36 bits per heavy atom. The maximum absolute atomic E-state index is 4.18. The lowest BCUT2D eigenvalue weighted by molar-refractivity contribution is 1.25. The second-order valence-corrected chi connectivity index (χ2v) is 3.09. The standard InChI is InChI=1S/C12H12N2/c1-2-7-13-9-11-8-10-5-3-4-6-12(10)14-11/h2-6,8-9,14H,1,7H2. The van der Waals surface area contributed by atoms with Crippen molar-refractivity contribution in [2.75, 3.05) is 6.54 Å². The summed E-state index contributed by atoms with van der Waals surface area (Å²) in [7, 11) is 0. The molecule has 0 spiro atoms. The van der Waals surface area contributed by atoms with E-state index in [0.717, 1.165) is 11.2 Å². The summed E-state index contributed by atoms with van der Waals surface area (Å²) in [6.45, 7) is 4.27. The number of nitrogens with zero attached hydrogens (tertiary/aromatic N) is 1. The molecule has 1 aromatic heterocycles. The minimum Gasteiger partial charge on any atom is -0.354 e. The van der Waals surface area contributed by atoms with Crippen molar-refractivity contribution in [3.63, 3.8) is 0 Å². The highest BCUT2D eigenvalue weighted by atomic mass is 14.8. The molecule has 70 valence electrons. The van der Waals surface area contributed by atoms with Crippen LogP contribution in [0, 0.1) is 0 Å². The number of benzene rings is 1. The average molecular weight is 184 g/mol. The molecule has 0 fully saturated rings. The number of fused-ring (bicyclic) bond motifs is 1. The molecule has 2 rings (SSSR count). The summed E-state index contributed by atoms with van der Waals surface area (Å²) >= 11 is 0. The first kappa shape index (κ1) is 8.75. The van der Waals surface area contributed by atoms with Crippen LogP contribution in [0.2, 0.25) is 0 Å². The van der Waals surface area contributed by atoms with Crippen LogP contribution in [0.3, 0.4) is 0 Å². The predicted octanol–water partition coefficient (Wildman–Crippen LogP) is 2.77. The van der Waals surface area contributed by atoms with Gasteiger partial charge in [-0.05, 0) is 12.1 Å². The van der Waals surface area contributed by atoms with Gasteiger partial charge in [0.2, 0.25) is 0 Å². The first-order valence-electron chi connectivity index (χ1n) is 4.58. The van der Waals surface area contributed by atoms with Crippen LogP contribution in [0.15, 0.2) is 48.0 Å². The van der Waals surface area contributed by atoms with E-state index in [2.05, 4.69) is 34.8 Å². The lowest BCUT2D eigenvalue weighted by atomic mass is 10.2. The third kappa shape index (κ3) is 1.74. The van der Waals surface area contributed by atoms with E-state index in [4.69, 9.17) is 0 Å². The van der Waals surface area contributed by atoms with Crippen molar-refractivity contribution in [1.29, 1.82) is 0 Å². The van der Waals surface area contributed by atoms with Crippen molar-refractivity contribution in [3.8, 4) is 0 Å². The van der Waals surface area contributed by atoms with Gasteiger partial charge >= 0.3 is 0 Å². The van der Waals surface area contributed by atoms with Gasteiger partial charge in [0, 0.05) is 17.1 Å². The van der Waals surface area contributed by atoms with Crippen molar-refractivity contribution >= 4 is 17.1 Å². The van der Waals surface area contributed by atoms with Gasteiger partial charge in [-0.2, -0.15) is 0 Å². The molecule has 0 unspecified atom stereocenters. The van der Waals surface area contributed by atoms with E-state index < -0.39 is 0 Å². The quantitative estimate of drug-likeness (QED) is 0.561. The number of aliphatic imine (C=N–C) groups is 1. The number of aromatic nitrogens is 1. The molecule has 1 aromatic carbocycles. The maximum Gasteiger partial charge on any atom is 0.0572 e. The van der Waals surface area contributed by atoms with Crippen LogP contribution >= 0.6 is 0 Å². The lowest BCUT2D eigenvalue weighted by Gasteiger charge is -1.84. The molecule has 0 radical (unpaired) electrons. The summed E-state index contributed by atoms with van der Waals surface area (Å²) in [4.78, 5) is 7.45. The molecule has 0 saturated carbocycles. The summed E-state index contributed by atoms with van der Waals surface area (Å²) in [5, 5.41) is 1.22. The third-order valence-electron chi connectivity index (χ3n) is 2.02. The highest BCUT2D eigenvalue weighted by Crippen LogP contribution is 2.13. The van der Waals surface area contributed by atoms with Crippen LogP contribution < -0.4 is 0 Å². The Morgan fingerprint density at radius 3 is 3.00 bits per heavy atom. The topological polar surface area (TPSA) is 28.1 Å². The van der Waals surface area contributed by atoms with E-state index >= 15 is 0 Å². The molecule has 0 amide bonds. The molecule has 1 heterocycles. The Labute approximate surface area is 83.0 Å². The van der Waals surface area contributed by atoms with Gasteiger partial charge in [-0.1, -0.05) is 24.3 Å². The molecule has 0 atom stereocenters. The Bertz CT molecular complexity index is 433. The van der Waals surface area contributed by atoms with Crippen molar-refractivity contribution in [1.82, 2.24) is 4.98 Å². The molecule has 0 aliphatic carbocycles. The summed E-state index contributed by atoms with van der Waals surface area (Å²) in [5.41, 5.74) is 2.18. The molecule has 0 bridgehead atoms. The normalized spacial score (nSPS) is 11.1. The molecule has 0 aliphatic heterocycles. The predicted molar refractivity (Wildman–Crippen MR) is 61.0 cm³/mol. The van der Waals surface area contributed by atoms with E-state index in [-0.39, 0.29) is 0 Å². The molecular formula is C12H12N2. The lowest BCUT2D eigenvalue weighted by Crippen LogP contribution is -1.80. The van der Waals surface area contributed by atoms with Crippen LogP contribution in [0.25, 0.3) is 10.9 Å². The zero-order valence-electron chi connectivity index (χ0n) is 7.90. The number of rotatable bonds is 3. The van der Waals surface area contributed by atoms with Crippen molar-refractivity contribution in [2.24, 2.45) is 4.99 Å². The monoisotopic (exact) mass is 184 g/mol. The molecule has 2 nitrogen and oxygen atoms in total. The minimum absolute atomic E-state index is 0.662. The van der Waals surface area contributed by atoms with Crippen molar-refractivity contribution in [3.05, 3.63) is 48.7 Å². The van der Waals surface area contributed by atoms with Crippen molar-refractivity contribution in [2.45, 2.75) is 0 Å². The Balaban J connectivity index is 2.31. The Hall–Kier alpha value is -1.83. The third-order valence-corrected chi connectivity index (χ3v) is 2.02. The summed E-state index contributed by atoms with van der Waals surface area (Å²) < 4.78 is 0. The second-order valence-electron chi connectivity index (χ2n) is 3.09. The molecule has 0 aliphatic rings. The van der Waals surface area contributed by atoms with E-state index in [0.29, 0.717) is 6.54 Å². The zero-order chi connectivity index (χ0) is 9.80. The smallest absolute Gasteiger partial charge is 0.0572 e. The van der Waals surface area contributed by atoms with Crippen LogP contribution in [-0.2, 0) is 0 Å². The highest BCUT2D eigenvalue weighted by molar-refractivity contribution is 5.89. The molecular weight excluding hydrogens is 172 g/mol. The molecule has 0 saturated heterocycles. The van der Waals surface area contributed by atoms with Gasteiger partial charge in [0.05, 0.1) is 12.2 Å². The van der Waals surface area contributed by atoms with Crippen LogP contribution in [0.1, 0.15) is 5.69 Å². The van der Waals surface area contributed by atoms with Crippen LogP contribution in [0.5, 0.6) is 0 Å². The number of H-pyrrole nitrogens is 1. The van der Waals surface area contributed by atoms with Crippen LogP contribution in [0.4, 0.5) is 0 Å². The molecule has 2 aromatic rings. The van der Waals surface area contributed by atoms with E-state index in [1.807, 2.05) is 18.3 Å². The average Bonchev–Trinajstić information content (AvgIpc) is 2.60. The van der Waals surface area contributed by atoms with E-state index in [1.54, 1.807) is 6.08 Å². The molecule has 2 heteroatoms. The fourth-order valence-corrected chi connectivity index (χ4v) is 1.39. The van der Waals surface area contributed by atoms with Gasteiger partial charge in [-0.15, -0.1) is 6.58 Å². The fourth-order valence-electron chi connectivity index (χ4n) is 1.39. The van der Waals surface area contributed by atoms with Gasteiger partial charge in [0.15, 0.2) is 0 Å².